The summed E-state index contributed by atoms with van der Waals surface area (Å²) in [5.74, 6) is 0. The van der Waals surface area contributed by atoms with Gasteiger partial charge in [-0.25, -0.2) is 8.42 Å². The molecule has 0 amide bonds. The fourth-order valence-corrected chi connectivity index (χ4v) is 5.71. The molecule has 0 fully saturated rings. The van der Waals surface area contributed by atoms with Crippen LogP contribution in [0.3, 0.4) is 0 Å². The molecule has 2 heterocycles. The van der Waals surface area contributed by atoms with Gasteiger partial charge in [0.25, 0.3) is 0 Å². The van der Waals surface area contributed by atoms with Crippen molar-refractivity contribution in [2.24, 2.45) is 0 Å². The van der Waals surface area contributed by atoms with Gasteiger partial charge in [-0.2, -0.15) is 4.31 Å². The molecule has 0 aliphatic carbocycles. The van der Waals surface area contributed by atoms with Crippen LogP contribution < -0.4 is 0 Å². The van der Waals surface area contributed by atoms with E-state index in [1.165, 1.54) is 4.31 Å². The maximum Gasteiger partial charge on any atom is 0.244 e. The van der Waals surface area contributed by atoms with Crippen LogP contribution in [-0.4, -0.2) is 12.7 Å². The summed E-state index contributed by atoms with van der Waals surface area (Å²) in [7, 11) is -3.63. The van der Waals surface area contributed by atoms with Crippen molar-refractivity contribution in [3.05, 3.63) is 75.4 Å². The van der Waals surface area contributed by atoms with Gasteiger partial charge in [0.05, 0.1) is 17.4 Å². The fourth-order valence-electron chi connectivity index (χ4n) is 3.09. The van der Waals surface area contributed by atoms with Crippen molar-refractivity contribution >= 4 is 21.4 Å². The monoisotopic (exact) mass is 375 g/mol. The van der Waals surface area contributed by atoms with Crippen molar-refractivity contribution in [1.82, 2.24) is 4.31 Å². The lowest BCUT2D eigenvalue weighted by molar-refractivity contribution is 0.401. The van der Waals surface area contributed by atoms with E-state index >= 15 is 0 Å². The van der Waals surface area contributed by atoms with E-state index in [1.54, 1.807) is 29.9 Å². The normalized spacial score (nSPS) is 12.0. The second kappa shape index (κ2) is 7.15. The summed E-state index contributed by atoms with van der Waals surface area (Å²) < 4.78 is 33.5. The number of thiophene rings is 1. The third-order valence-corrected chi connectivity index (χ3v) is 7.01. The van der Waals surface area contributed by atoms with Crippen molar-refractivity contribution in [2.75, 3.05) is 0 Å². The number of sulfonamides is 1. The standard InChI is InChI=1S/C19H21NO3S2/c1-14-9-15(2)19(16(3)10-14)25(21,22)20(11-17-6-7-23-13-17)12-18-5-4-8-24-18/h4-10,13H,11-12H2,1-3H3. The molecule has 0 bridgehead atoms. The molecule has 4 nitrogen and oxygen atoms in total. The van der Waals surface area contributed by atoms with Gasteiger partial charge in [0.15, 0.2) is 0 Å². The van der Waals surface area contributed by atoms with Gasteiger partial charge < -0.3 is 4.42 Å². The van der Waals surface area contributed by atoms with Crippen molar-refractivity contribution < 1.29 is 12.8 Å². The first-order valence-electron chi connectivity index (χ1n) is 7.99. The number of nitrogens with zero attached hydrogens (tertiary/aromatic N) is 1. The highest BCUT2D eigenvalue weighted by atomic mass is 32.2. The quantitative estimate of drug-likeness (QED) is 0.630. The Balaban J connectivity index is 2.04. The number of aryl methyl sites for hydroxylation is 3. The summed E-state index contributed by atoms with van der Waals surface area (Å²) in [5, 5.41) is 1.96. The van der Waals surface area contributed by atoms with Gasteiger partial charge >= 0.3 is 0 Å². The van der Waals surface area contributed by atoms with Gasteiger partial charge in [-0.05, 0) is 49.4 Å². The van der Waals surface area contributed by atoms with Crippen LogP contribution in [0.5, 0.6) is 0 Å². The van der Waals surface area contributed by atoms with Crippen LogP contribution in [0, 0.1) is 20.8 Å². The van der Waals surface area contributed by atoms with E-state index < -0.39 is 10.0 Å². The van der Waals surface area contributed by atoms with Crippen molar-refractivity contribution in [1.29, 1.82) is 0 Å². The molecule has 0 aliphatic heterocycles. The molecule has 132 valence electrons. The van der Waals surface area contributed by atoms with Crippen molar-refractivity contribution in [3.63, 3.8) is 0 Å². The van der Waals surface area contributed by atoms with Crippen molar-refractivity contribution in [2.45, 2.75) is 38.8 Å². The molecule has 1 aromatic carbocycles. The summed E-state index contributed by atoms with van der Waals surface area (Å²) in [6.45, 7) is 6.31. The molecular weight excluding hydrogens is 354 g/mol. The van der Waals surface area contributed by atoms with Crippen LogP contribution in [0.2, 0.25) is 0 Å². The molecular formula is C19H21NO3S2. The van der Waals surface area contributed by atoms with Gasteiger partial charge in [-0.3, -0.25) is 0 Å². The third-order valence-electron chi connectivity index (χ3n) is 4.05. The lowest BCUT2D eigenvalue weighted by Crippen LogP contribution is -2.31. The molecule has 0 saturated carbocycles. The largest absolute Gasteiger partial charge is 0.472 e. The molecule has 0 atom stereocenters. The molecule has 3 rings (SSSR count). The van der Waals surface area contributed by atoms with Gasteiger partial charge in [0.2, 0.25) is 10.0 Å². The maximum atomic E-state index is 13.4. The molecule has 6 heteroatoms. The average molecular weight is 376 g/mol. The summed E-state index contributed by atoms with van der Waals surface area (Å²) in [4.78, 5) is 1.41. The summed E-state index contributed by atoms with van der Waals surface area (Å²) in [6, 6.07) is 9.52. The van der Waals surface area contributed by atoms with Crippen LogP contribution in [-0.2, 0) is 23.1 Å². The summed E-state index contributed by atoms with van der Waals surface area (Å²) >= 11 is 1.56. The minimum atomic E-state index is -3.63. The minimum absolute atomic E-state index is 0.281. The van der Waals surface area contributed by atoms with Gasteiger partial charge in [0, 0.05) is 23.5 Å². The molecule has 0 saturated heterocycles. The zero-order chi connectivity index (χ0) is 18.0. The Labute approximate surface area is 152 Å². The predicted octanol–water partition coefficient (Wildman–Crippen LogP) is 4.66. The van der Waals surface area contributed by atoms with Crippen LogP contribution in [0.25, 0.3) is 0 Å². The first kappa shape index (κ1) is 17.9. The van der Waals surface area contributed by atoms with Crippen LogP contribution >= 0.6 is 11.3 Å². The van der Waals surface area contributed by atoms with Gasteiger partial charge in [0.1, 0.15) is 0 Å². The molecule has 0 N–H and O–H groups in total. The molecule has 3 aromatic rings. The van der Waals surface area contributed by atoms with E-state index in [1.807, 2.05) is 50.4 Å². The Morgan fingerprint density at radius 3 is 2.36 bits per heavy atom. The Kier molecular flexibility index (Phi) is 5.13. The fraction of sp³-hybridized carbons (Fsp3) is 0.263. The third kappa shape index (κ3) is 3.86. The van der Waals surface area contributed by atoms with E-state index in [-0.39, 0.29) is 6.54 Å². The lowest BCUT2D eigenvalue weighted by atomic mass is 10.1. The number of rotatable bonds is 6. The molecule has 2 aromatic heterocycles. The molecule has 0 spiro atoms. The van der Waals surface area contributed by atoms with Gasteiger partial charge in [-0.1, -0.05) is 23.8 Å². The maximum absolute atomic E-state index is 13.4. The molecule has 0 aliphatic rings. The topological polar surface area (TPSA) is 50.5 Å². The van der Waals surface area contributed by atoms with Crippen LogP contribution in [0.1, 0.15) is 27.1 Å². The van der Waals surface area contributed by atoms with Crippen LogP contribution in [0.4, 0.5) is 0 Å². The predicted molar refractivity (Wildman–Crippen MR) is 100 cm³/mol. The number of hydrogen-bond acceptors (Lipinski definition) is 4. The van der Waals surface area contributed by atoms with Gasteiger partial charge in [-0.15, -0.1) is 11.3 Å². The highest BCUT2D eigenvalue weighted by Gasteiger charge is 2.28. The highest BCUT2D eigenvalue weighted by molar-refractivity contribution is 7.89. The number of benzene rings is 1. The number of hydrogen-bond donors (Lipinski definition) is 0. The Morgan fingerprint density at radius 2 is 1.80 bits per heavy atom. The molecule has 0 unspecified atom stereocenters. The zero-order valence-corrected chi connectivity index (χ0v) is 16.2. The zero-order valence-electron chi connectivity index (χ0n) is 14.5. The minimum Gasteiger partial charge on any atom is -0.472 e. The number of furan rings is 1. The lowest BCUT2D eigenvalue weighted by Gasteiger charge is -2.23. The smallest absolute Gasteiger partial charge is 0.244 e. The van der Waals surface area contributed by atoms with E-state index in [9.17, 15) is 8.42 Å². The molecule has 0 radical (unpaired) electrons. The Morgan fingerprint density at radius 1 is 1.08 bits per heavy atom. The SMILES string of the molecule is Cc1cc(C)c(S(=O)(=O)N(Cc2ccoc2)Cc2cccs2)c(C)c1. The Hall–Kier alpha value is -1.89. The highest BCUT2D eigenvalue weighted by Crippen LogP contribution is 2.28. The molecule has 25 heavy (non-hydrogen) atoms. The summed E-state index contributed by atoms with van der Waals surface area (Å²) in [6.07, 6.45) is 3.15. The van der Waals surface area contributed by atoms with E-state index in [0.717, 1.165) is 27.1 Å². The first-order valence-corrected chi connectivity index (χ1v) is 10.3. The second-order valence-corrected chi connectivity index (χ2v) is 9.12. The Bertz CT molecular complexity index is 883. The van der Waals surface area contributed by atoms with E-state index in [2.05, 4.69) is 0 Å². The van der Waals surface area contributed by atoms with Crippen LogP contribution in [0.15, 0.2) is 57.6 Å². The second-order valence-electron chi connectivity index (χ2n) is 6.21. The average Bonchev–Trinajstić information content (AvgIpc) is 3.18. The summed E-state index contributed by atoms with van der Waals surface area (Å²) in [5.41, 5.74) is 3.46. The van der Waals surface area contributed by atoms with Crippen molar-refractivity contribution in [3.8, 4) is 0 Å². The van der Waals surface area contributed by atoms with E-state index in [0.29, 0.717) is 11.4 Å². The van der Waals surface area contributed by atoms with E-state index in [4.69, 9.17) is 4.42 Å². The first-order chi connectivity index (χ1) is 11.9.